The zero-order chi connectivity index (χ0) is 25.7. The van der Waals surface area contributed by atoms with Gasteiger partial charge in [-0.05, 0) is 43.5 Å². The molecule has 0 unspecified atom stereocenters. The first-order valence-corrected chi connectivity index (χ1v) is 12.1. The van der Waals surface area contributed by atoms with Gasteiger partial charge in [-0.3, -0.25) is 14.4 Å². The molecule has 4 aromatic rings. The van der Waals surface area contributed by atoms with Gasteiger partial charge in [-0.25, -0.2) is 9.99 Å². The number of aromatic nitrogens is 3. The smallest absolute Gasteiger partial charge is 0.313 e. The second-order valence-corrected chi connectivity index (χ2v) is 9.10. The first kappa shape index (κ1) is 22.7. The quantitative estimate of drug-likeness (QED) is 0.407. The highest BCUT2D eigenvalue weighted by Gasteiger charge is 2.34. The predicted molar refractivity (Wildman–Crippen MR) is 140 cm³/mol. The van der Waals surface area contributed by atoms with Crippen LogP contribution in [0.15, 0.2) is 77.7 Å². The normalized spacial score (nSPS) is 14.6. The van der Waals surface area contributed by atoms with Crippen molar-refractivity contribution in [3.05, 3.63) is 112 Å². The van der Waals surface area contributed by atoms with Gasteiger partial charge in [-0.2, -0.15) is 4.68 Å². The summed E-state index contributed by atoms with van der Waals surface area (Å²) in [4.78, 5) is 45.1. The maximum Gasteiger partial charge on any atom is 0.313 e. The molecule has 0 N–H and O–H groups in total. The van der Waals surface area contributed by atoms with Gasteiger partial charge in [0, 0.05) is 11.3 Å². The Morgan fingerprint density at radius 2 is 1.81 bits per heavy atom. The lowest BCUT2D eigenvalue weighted by atomic mass is 9.96. The number of para-hydroxylation sites is 1. The molecule has 3 heterocycles. The van der Waals surface area contributed by atoms with Crippen molar-refractivity contribution in [1.29, 1.82) is 0 Å². The van der Waals surface area contributed by atoms with Crippen molar-refractivity contribution in [2.24, 2.45) is 0 Å². The van der Waals surface area contributed by atoms with Crippen molar-refractivity contribution in [2.45, 2.75) is 26.2 Å². The molecule has 2 aromatic heterocycles. The summed E-state index contributed by atoms with van der Waals surface area (Å²) in [7, 11) is 1.28. The van der Waals surface area contributed by atoms with Gasteiger partial charge in [0.2, 0.25) is 0 Å². The van der Waals surface area contributed by atoms with Gasteiger partial charge in [-0.1, -0.05) is 48.5 Å². The summed E-state index contributed by atoms with van der Waals surface area (Å²) in [5, 5.41) is 1.65. The Balaban J connectivity index is 1.68. The molecule has 6 rings (SSSR count). The molecule has 8 heteroatoms. The van der Waals surface area contributed by atoms with E-state index in [0.717, 1.165) is 34.6 Å². The highest BCUT2D eigenvalue weighted by molar-refractivity contribution is 6.26. The number of allylic oxidation sites excluding steroid dienone is 1. The van der Waals surface area contributed by atoms with Crippen LogP contribution in [0.1, 0.15) is 34.8 Å². The van der Waals surface area contributed by atoms with Crippen LogP contribution in [0, 0.1) is 6.92 Å². The van der Waals surface area contributed by atoms with Gasteiger partial charge in [-0.15, -0.1) is 0 Å². The molecule has 2 aromatic carbocycles. The van der Waals surface area contributed by atoms with E-state index in [-0.39, 0.29) is 18.2 Å². The molecule has 0 bridgehead atoms. The number of hydrogen-bond acceptors (Lipinski definition) is 5. The average molecular weight is 493 g/mol. The number of hydrogen-bond donors (Lipinski definition) is 0. The fourth-order valence-corrected chi connectivity index (χ4v) is 5.18. The zero-order valence-corrected chi connectivity index (χ0v) is 20.5. The van der Waals surface area contributed by atoms with Gasteiger partial charge in [0.1, 0.15) is 12.2 Å². The number of nitrogens with zero attached hydrogens (tertiary/aromatic N) is 4. The van der Waals surface area contributed by atoms with Crippen LogP contribution in [-0.2, 0) is 27.2 Å². The summed E-state index contributed by atoms with van der Waals surface area (Å²) in [6.07, 6.45) is 4.86. The van der Waals surface area contributed by atoms with E-state index in [1.165, 1.54) is 16.8 Å². The Kier molecular flexibility index (Phi) is 5.37. The maximum absolute atomic E-state index is 14.2. The third kappa shape index (κ3) is 3.60. The van der Waals surface area contributed by atoms with E-state index in [9.17, 15) is 14.4 Å². The Bertz CT molecular complexity index is 1710. The SMILES string of the molecule is COC(=O)Cc1nc2ccccc2c(=O)n1N1C=C(c2ccccc2)n2c(C)cc3c2C(=CCC3)C1=O. The van der Waals surface area contributed by atoms with E-state index in [2.05, 4.69) is 15.6 Å². The van der Waals surface area contributed by atoms with Crippen LogP contribution >= 0.6 is 0 Å². The summed E-state index contributed by atoms with van der Waals surface area (Å²) < 4.78 is 8.17. The number of amides is 1. The minimum absolute atomic E-state index is 0.118. The number of fused-ring (bicyclic) bond motifs is 1. The van der Waals surface area contributed by atoms with Crippen LogP contribution in [0.4, 0.5) is 0 Å². The van der Waals surface area contributed by atoms with Crippen molar-refractivity contribution in [3.8, 4) is 0 Å². The van der Waals surface area contributed by atoms with Crippen molar-refractivity contribution in [3.63, 3.8) is 0 Å². The number of rotatable bonds is 4. The Morgan fingerprint density at radius 3 is 2.59 bits per heavy atom. The number of benzene rings is 2. The fourth-order valence-electron chi connectivity index (χ4n) is 5.18. The number of ether oxygens (including phenoxy) is 1. The van der Waals surface area contributed by atoms with Crippen LogP contribution in [0.3, 0.4) is 0 Å². The minimum atomic E-state index is -0.563. The second-order valence-electron chi connectivity index (χ2n) is 9.10. The van der Waals surface area contributed by atoms with Crippen molar-refractivity contribution in [1.82, 2.24) is 14.2 Å². The van der Waals surface area contributed by atoms with Gasteiger partial charge in [0.25, 0.3) is 11.5 Å². The van der Waals surface area contributed by atoms with E-state index in [1.807, 2.05) is 43.3 Å². The topological polar surface area (TPSA) is 86.4 Å². The Morgan fingerprint density at radius 1 is 1.05 bits per heavy atom. The summed E-state index contributed by atoms with van der Waals surface area (Å²) >= 11 is 0. The van der Waals surface area contributed by atoms with Gasteiger partial charge >= 0.3 is 5.97 Å². The van der Waals surface area contributed by atoms with Crippen molar-refractivity contribution < 1.29 is 14.3 Å². The number of carbonyl (C=O) groups excluding carboxylic acids is 2. The highest BCUT2D eigenvalue weighted by atomic mass is 16.5. The largest absolute Gasteiger partial charge is 0.469 e. The summed E-state index contributed by atoms with van der Waals surface area (Å²) in [5.74, 6) is -0.809. The lowest BCUT2D eigenvalue weighted by molar-refractivity contribution is -0.140. The Labute approximate surface area is 212 Å². The third-order valence-electron chi connectivity index (χ3n) is 6.84. The van der Waals surface area contributed by atoms with Crippen LogP contribution in [0.25, 0.3) is 22.2 Å². The van der Waals surface area contributed by atoms with E-state index in [1.54, 1.807) is 30.5 Å². The number of methoxy groups -OCH3 is 1. The first-order chi connectivity index (χ1) is 18.0. The molecular weight excluding hydrogens is 468 g/mol. The van der Waals surface area contributed by atoms with Crippen molar-refractivity contribution >= 4 is 34.0 Å². The molecule has 0 atom stereocenters. The molecule has 37 heavy (non-hydrogen) atoms. The van der Waals surface area contributed by atoms with E-state index in [0.29, 0.717) is 22.9 Å². The average Bonchev–Trinajstić information content (AvgIpc) is 3.19. The molecule has 1 amide bonds. The maximum atomic E-state index is 14.2. The standard InChI is InChI=1S/C29H24N4O4/c1-18-15-20-11-8-13-22-27(20)32(18)24(19-9-4-3-5-10-19)17-31(28(22)35)33-25(16-26(34)37-2)30-23-14-7-6-12-21(23)29(33)36/h3-7,9-10,12-15,17H,8,11,16H2,1-2H3. The van der Waals surface area contributed by atoms with E-state index in [4.69, 9.17) is 4.74 Å². The zero-order valence-electron chi connectivity index (χ0n) is 20.5. The van der Waals surface area contributed by atoms with Gasteiger partial charge in [0.05, 0.1) is 41.2 Å². The fraction of sp³-hybridized carbons (Fsp3) is 0.172. The molecule has 1 aliphatic carbocycles. The Hall–Kier alpha value is -4.72. The minimum Gasteiger partial charge on any atom is -0.469 e. The second kappa shape index (κ2) is 8.74. The van der Waals surface area contributed by atoms with E-state index < -0.39 is 11.5 Å². The molecule has 8 nitrogen and oxygen atoms in total. The molecule has 0 saturated heterocycles. The molecular formula is C29H24N4O4. The molecule has 1 aliphatic heterocycles. The monoisotopic (exact) mass is 492 g/mol. The summed E-state index contributed by atoms with van der Waals surface area (Å²) in [6.45, 7) is 2.01. The van der Waals surface area contributed by atoms with Gasteiger partial charge < -0.3 is 9.30 Å². The molecule has 0 spiro atoms. The van der Waals surface area contributed by atoms with Gasteiger partial charge in [0.15, 0.2) is 0 Å². The number of carbonyl (C=O) groups is 2. The molecule has 0 saturated carbocycles. The van der Waals surface area contributed by atoms with Crippen molar-refractivity contribution in [2.75, 3.05) is 12.1 Å². The van der Waals surface area contributed by atoms with E-state index >= 15 is 0 Å². The first-order valence-electron chi connectivity index (χ1n) is 12.1. The lowest BCUT2D eigenvalue weighted by Gasteiger charge is -2.24. The van der Waals surface area contributed by atoms with Crippen LogP contribution in [0.5, 0.6) is 0 Å². The number of aryl methyl sites for hydroxylation is 2. The third-order valence-corrected chi connectivity index (χ3v) is 6.84. The summed E-state index contributed by atoms with van der Waals surface area (Å²) in [5.41, 5.74) is 5.04. The molecule has 184 valence electrons. The van der Waals surface area contributed by atoms with Crippen LogP contribution in [-0.4, -0.2) is 33.2 Å². The summed E-state index contributed by atoms with van der Waals surface area (Å²) in [6, 6.07) is 18.7. The predicted octanol–water partition coefficient (Wildman–Crippen LogP) is 3.58. The molecule has 2 aliphatic rings. The van der Waals surface area contributed by atoms with Crippen LogP contribution < -0.4 is 10.6 Å². The van der Waals surface area contributed by atoms with Crippen LogP contribution in [0.2, 0.25) is 0 Å². The number of esters is 1. The highest BCUT2D eigenvalue weighted by Crippen LogP contribution is 2.37. The lowest BCUT2D eigenvalue weighted by Crippen LogP contribution is -2.45. The molecule has 0 radical (unpaired) electrons. The molecule has 0 fully saturated rings.